The lowest BCUT2D eigenvalue weighted by molar-refractivity contribution is -0.143. The number of carbonyl (C=O) groups excluding carboxylic acids is 4. The molecular formula is C18H32N6O8S. The first kappa shape index (κ1) is 30.1. The van der Waals surface area contributed by atoms with Crippen LogP contribution in [0.4, 0.5) is 0 Å². The number of hydrogen-bond acceptors (Lipinski definition) is 9. The van der Waals surface area contributed by atoms with Crippen LogP contribution in [0.1, 0.15) is 38.5 Å². The summed E-state index contributed by atoms with van der Waals surface area (Å²) in [6.07, 6.45) is -0.0968. The van der Waals surface area contributed by atoms with Crippen molar-refractivity contribution in [3.8, 4) is 0 Å². The van der Waals surface area contributed by atoms with Crippen LogP contribution in [0.3, 0.4) is 0 Å². The van der Waals surface area contributed by atoms with Crippen molar-refractivity contribution < 1.29 is 39.0 Å². The fourth-order valence-corrected chi connectivity index (χ4v) is 2.85. The van der Waals surface area contributed by atoms with Gasteiger partial charge in [0, 0.05) is 12.2 Å². The largest absolute Gasteiger partial charge is 0.481 e. The molecule has 0 bridgehead atoms. The van der Waals surface area contributed by atoms with Crippen LogP contribution >= 0.6 is 12.6 Å². The Bertz CT molecular complexity index is 722. The van der Waals surface area contributed by atoms with Crippen molar-refractivity contribution in [2.75, 3.05) is 12.3 Å². The molecule has 0 saturated carbocycles. The quantitative estimate of drug-likeness (QED) is 0.0719. The Morgan fingerprint density at radius 2 is 1.36 bits per heavy atom. The van der Waals surface area contributed by atoms with Crippen LogP contribution in [0.2, 0.25) is 0 Å². The molecule has 0 aromatic heterocycles. The molecule has 14 nitrogen and oxygen atoms in total. The molecule has 0 rings (SSSR count). The van der Waals surface area contributed by atoms with E-state index in [0.717, 1.165) is 0 Å². The van der Waals surface area contributed by atoms with Crippen molar-refractivity contribution in [3.05, 3.63) is 0 Å². The Kier molecular flexibility index (Phi) is 14.4. The number of carboxylic acids is 2. The molecule has 0 aliphatic heterocycles. The molecule has 0 radical (unpaired) electrons. The predicted molar refractivity (Wildman–Crippen MR) is 119 cm³/mol. The van der Waals surface area contributed by atoms with Crippen LogP contribution in [0.5, 0.6) is 0 Å². The van der Waals surface area contributed by atoms with Crippen molar-refractivity contribution >= 4 is 48.2 Å². The lowest BCUT2D eigenvalue weighted by Crippen LogP contribution is -2.57. The molecule has 11 N–H and O–H groups in total. The van der Waals surface area contributed by atoms with Gasteiger partial charge in [-0.15, -0.1) is 0 Å². The minimum absolute atomic E-state index is 0.100. The van der Waals surface area contributed by atoms with Gasteiger partial charge >= 0.3 is 11.9 Å². The molecule has 0 saturated heterocycles. The molecule has 0 aromatic carbocycles. The maximum Gasteiger partial charge on any atom is 0.326 e. The van der Waals surface area contributed by atoms with Gasteiger partial charge in [0.05, 0.1) is 12.5 Å². The molecular weight excluding hydrogens is 460 g/mol. The lowest BCUT2D eigenvalue weighted by Gasteiger charge is -2.24. The van der Waals surface area contributed by atoms with E-state index < -0.39 is 66.2 Å². The van der Waals surface area contributed by atoms with Gasteiger partial charge in [0.1, 0.15) is 18.1 Å². The molecule has 4 amide bonds. The van der Waals surface area contributed by atoms with Crippen LogP contribution in [0.25, 0.3) is 0 Å². The average molecular weight is 493 g/mol. The summed E-state index contributed by atoms with van der Waals surface area (Å²) in [5.41, 5.74) is 16.1. The number of aliphatic carboxylic acids is 2. The molecule has 0 heterocycles. The molecule has 4 unspecified atom stereocenters. The molecule has 188 valence electrons. The first-order chi connectivity index (χ1) is 15.4. The number of unbranched alkanes of at least 4 members (excludes halogenated alkanes) is 1. The monoisotopic (exact) mass is 492 g/mol. The zero-order valence-electron chi connectivity index (χ0n) is 18.0. The van der Waals surface area contributed by atoms with Gasteiger partial charge in [-0.05, 0) is 32.2 Å². The van der Waals surface area contributed by atoms with Crippen molar-refractivity contribution in [2.24, 2.45) is 17.2 Å². The van der Waals surface area contributed by atoms with E-state index in [4.69, 9.17) is 22.3 Å². The standard InChI is InChI=1S/C18H32N6O8S/c19-6-2-1-3-10(16(29)23-11(18(31)32)7-13(21)25)22-17(30)12(8-33)24-15(28)9(20)4-5-14(26)27/h9-12,33H,1-8,19-20H2,(H2,21,25)(H,22,30)(H,23,29)(H,24,28)(H,26,27)(H,31,32). The fourth-order valence-electron chi connectivity index (χ4n) is 2.59. The van der Waals surface area contributed by atoms with Crippen LogP contribution in [-0.4, -0.2) is 82.2 Å². The summed E-state index contributed by atoms with van der Waals surface area (Å²) >= 11 is 4.01. The number of rotatable bonds is 17. The number of nitrogens with two attached hydrogens (primary N) is 3. The fraction of sp³-hybridized carbons (Fsp3) is 0.667. The van der Waals surface area contributed by atoms with Gasteiger partial charge in [-0.1, -0.05) is 0 Å². The Hall–Kier alpha value is -2.91. The average Bonchev–Trinajstić information content (AvgIpc) is 2.73. The lowest BCUT2D eigenvalue weighted by atomic mass is 10.1. The van der Waals surface area contributed by atoms with Crippen molar-refractivity contribution in [2.45, 2.75) is 62.7 Å². The first-order valence-electron chi connectivity index (χ1n) is 10.1. The molecule has 33 heavy (non-hydrogen) atoms. The van der Waals surface area contributed by atoms with Gasteiger partial charge < -0.3 is 43.4 Å². The van der Waals surface area contributed by atoms with Crippen molar-refractivity contribution in [1.82, 2.24) is 16.0 Å². The van der Waals surface area contributed by atoms with Crippen molar-refractivity contribution in [3.63, 3.8) is 0 Å². The summed E-state index contributed by atoms with van der Waals surface area (Å²) in [6, 6.07) is -5.16. The highest BCUT2D eigenvalue weighted by Gasteiger charge is 2.30. The molecule has 0 aromatic rings. The van der Waals surface area contributed by atoms with Gasteiger partial charge in [-0.3, -0.25) is 24.0 Å². The molecule has 0 spiro atoms. The summed E-state index contributed by atoms with van der Waals surface area (Å²) in [5.74, 6) is -6.16. The van der Waals surface area contributed by atoms with E-state index in [1.54, 1.807) is 0 Å². The van der Waals surface area contributed by atoms with E-state index in [2.05, 4.69) is 28.6 Å². The topological polar surface area (TPSA) is 257 Å². The Morgan fingerprint density at radius 1 is 0.818 bits per heavy atom. The number of primary amides is 1. The number of carboxylic acid groups (broad SMARTS) is 2. The molecule has 0 fully saturated rings. The number of carbonyl (C=O) groups is 6. The highest BCUT2D eigenvalue weighted by molar-refractivity contribution is 7.80. The van der Waals surface area contributed by atoms with Crippen LogP contribution < -0.4 is 33.2 Å². The van der Waals surface area contributed by atoms with Gasteiger partial charge in [0.25, 0.3) is 0 Å². The van der Waals surface area contributed by atoms with E-state index in [1.807, 2.05) is 0 Å². The molecule has 0 aliphatic rings. The van der Waals surface area contributed by atoms with Gasteiger partial charge in [0.15, 0.2) is 0 Å². The Labute approximate surface area is 195 Å². The maximum absolute atomic E-state index is 12.6. The Morgan fingerprint density at radius 3 is 1.85 bits per heavy atom. The SMILES string of the molecule is NCCCCC(NC(=O)C(CS)NC(=O)C(N)CCC(=O)O)C(=O)NC(CC(N)=O)C(=O)O. The van der Waals surface area contributed by atoms with E-state index in [-0.39, 0.29) is 25.0 Å². The van der Waals surface area contributed by atoms with Crippen molar-refractivity contribution in [1.29, 1.82) is 0 Å². The highest BCUT2D eigenvalue weighted by Crippen LogP contribution is 2.05. The minimum atomic E-state index is -1.59. The second kappa shape index (κ2) is 15.8. The smallest absolute Gasteiger partial charge is 0.326 e. The highest BCUT2D eigenvalue weighted by atomic mass is 32.1. The van der Waals surface area contributed by atoms with E-state index in [1.165, 1.54) is 0 Å². The van der Waals surface area contributed by atoms with E-state index in [0.29, 0.717) is 19.4 Å². The third-order valence-electron chi connectivity index (χ3n) is 4.42. The number of amides is 4. The second-order valence-electron chi connectivity index (χ2n) is 7.20. The van der Waals surface area contributed by atoms with Gasteiger partial charge in [-0.25, -0.2) is 4.79 Å². The first-order valence-corrected chi connectivity index (χ1v) is 10.8. The zero-order chi connectivity index (χ0) is 25.6. The van der Waals surface area contributed by atoms with Gasteiger partial charge in [-0.2, -0.15) is 12.6 Å². The van der Waals surface area contributed by atoms with E-state index >= 15 is 0 Å². The number of nitrogens with one attached hydrogen (secondary N) is 3. The zero-order valence-corrected chi connectivity index (χ0v) is 18.9. The van der Waals surface area contributed by atoms with E-state index in [9.17, 15) is 33.9 Å². The summed E-state index contributed by atoms with van der Waals surface area (Å²) < 4.78 is 0. The summed E-state index contributed by atoms with van der Waals surface area (Å²) in [6.45, 7) is 0.325. The van der Waals surface area contributed by atoms with Crippen LogP contribution in [0, 0.1) is 0 Å². The predicted octanol–water partition coefficient (Wildman–Crippen LogP) is -3.35. The number of hydrogen-bond donors (Lipinski definition) is 9. The molecule has 4 atom stereocenters. The Balaban J connectivity index is 5.26. The minimum Gasteiger partial charge on any atom is -0.481 e. The second-order valence-corrected chi connectivity index (χ2v) is 7.56. The molecule has 0 aliphatic carbocycles. The van der Waals surface area contributed by atoms with Crippen LogP contribution in [0.15, 0.2) is 0 Å². The third-order valence-corrected chi connectivity index (χ3v) is 4.79. The molecule has 15 heteroatoms. The van der Waals surface area contributed by atoms with Gasteiger partial charge in [0.2, 0.25) is 23.6 Å². The van der Waals surface area contributed by atoms with Crippen LogP contribution in [-0.2, 0) is 28.8 Å². The number of thiol groups is 1. The summed E-state index contributed by atoms with van der Waals surface area (Å²) in [7, 11) is 0. The summed E-state index contributed by atoms with van der Waals surface area (Å²) in [4.78, 5) is 70.3. The third kappa shape index (κ3) is 12.6. The summed E-state index contributed by atoms with van der Waals surface area (Å²) in [5, 5.41) is 24.8. The maximum atomic E-state index is 12.6. The normalized spacial score (nSPS) is 14.3.